The van der Waals surface area contributed by atoms with Gasteiger partial charge in [-0.1, -0.05) is 0 Å². The topological polar surface area (TPSA) is 39.7 Å². The summed E-state index contributed by atoms with van der Waals surface area (Å²) in [7, 11) is 5.67. The van der Waals surface area contributed by atoms with Crippen LogP contribution in [0.15, 0.2) is 23.2 Å². The van der Waals surface area contributed by atoms with Crippen LogP contribution in [0.5, 0.6) is 0 Å². The van der Waals surface area contributed by atoms with Crippen LogP contribution >= 0.6 is 24.0 Å². The first-order chi connectivity index (χ1) is 9.52. The first-order valence-electron chi connectivity index (χ1n) is 6.56. The lowest BCUT2D eigenvalue weighted by molar-refractivity contribution is 0.399. The molecule has 1 aromatic rings. The van der Waals surface area contributed by atoms with E-state index < -0.39 is 11.6 Å². The highest BCUT2D eigenvalue weighted by Crippen LogP contribution is 2.08. The van der Waals surface area contributed by atoms with Crippen LogP contribution in [0.4, 0.5) is 8.78 Å². The summed E-state index contributed by atoms with van der Waals surface area (Å²) in [5.74, 6) is -0.300. The fourth-order valence-electron chi connectivity index (χ4n) is 1.68. The normalized spacial score (nSPS) is 11.2. The van der Waals surface area contributed by atoms with Gasteiger partial charge in [0.1, 0.15) is 11.6 Å². The number of nitrogens with zero attached hydrogens (tertiary/aromatic N) is 2. The minimum Gasteiger partial charge on any atom is -0.356 e. The number of benzene rings is 1. The van der Waals surface area contributed by atoms with Crippen LogP contribution in [0, 0.1) is 11.6 Å². The van der Waals surface area contributed by atoms with Crippen LogP contribution in [-0.4, -0.2) is 45.1 Å². The van der Waals surface area contributed by atoms with E-state index in [2.05, 4.69) is 20.5 Å². The van der Waals surface area contributed by atoms with Crippen LogP contribution in [0.1, 0.15) is 12.0 Å². The molecule has 2 N–H and O–H groups in total. The molecular formula is C14H23F2IN4. The Labute approximate surface area is 142 Å². The Balaban J connectivity index is 0.00000400. The van der Waals surface area contributed by atoms with E-state index in [1.807, 2.05) is 14.1 Å². The van der Waals surface area contributed by atoms with Crippen molar-refractivity contribution in [2.75, 3.05) is 34.2 Å². The van der Waals surface area contributed by atoms with E-state index in [0.717, 1.165) is 31.6 Å². The van der Waals surface area contributed by atoms with Crippen molar-refractivity contribution in [3.05, 3.63) is 35.4 Å². The van der Waals surface area contributed by atoms with Gasteiger partial charge in [0, 0.05) is 25.7 Å². The Morgan fingerprint density at radius 2 is 1.95 bits per heavy atom. The Hall–Kier alpha value is -0.960. The third-order valence-corrected chi connectivity index (χ3v) is 2.75. The van der Waals surface area contributed by atoms with Gasteiger partial charge in [-0.25, -0.2) is 8.78 Å². The van der Waals surface area contributed by atoms with E-state index in [0.29, 0.717) is 5.96 Å². The molecule has 0 heterocycles. The van der Waals surface area contributed by atoms with Crippen LogP contribution in [0.25, 0.3) is 0 Å². The van der Waals surface area contributed by atoms with Gasteiger partial charge in [0.2, 0.25) is 0 Å². The molecule has 0 aliphatic carbocycles. The Bertz CT molecular complexity index is 453. The molecule has 0 amide bonds. The number of rotatable bonds is 6. The fourth-order valence-corrected chi connectivity index (χ4v) is 1.68. The van der Waals surface area contributed by atoms with Gasteiger partial charge in [-0.05, 0) is 45.3 Å². The average molecular weight is 412 g/mol. The minimum absolute atomic E-state index is 0. The summed E-state index contributed by atoms with van der Waals surface area (Å²) in [4.78, 5) is 6.13. The maximum absolute atomic E-state index is 13.4. The van der Waals surface area contributed by atoms with Crippen molar-refractivity contribution in [2.45, 2.75) is 13.0 Å². The van der Waals surface area contributed by atoms with Gasteiger partial charge in [0.25, 0.3) is 0 Å². The minimum atomic E-state index is -0.447. The second-order valence-corrected chi connectivity index (χ2v) is 4.75. The SMILES string of the molecule is CN=C(NCCCN(C)C)NCc1cc(F)ccc1F.I. The monoisotopic (exact) mass is 412 g/mol. The third kappa shape index (κ3) is 8.15. The van der Waals surface area contributed by atoms with Gasteiger partial charge in [-0.15, -0.1) is 24.0 Å². The van der Waals surface area contributed by atoms with Crippen molar-refractivity contribution in [3.63, 3.8) is 0 Å². The van der Waals surface area contributed by atoms with Gasteiger partial charge in [0.05, 0.1) is 0 Å². The quantitative estimate of drug-likeness (QED) is 0.326. The molecule has 0 spiro atoms. The fraction of sp³-hybridized carbons (Fsp3) is 0.500. The van der Waals surface area contributed by atoms with E-state index in [1.165, 1.54) is 6.07 Å². The number of nitrogens with one attached hydrogen (secondary N) is 2. The molecule has 1 rings (SSSR count). The third-order valence-electron chi connectivity index (χ3n) is 2.75. The van der Waals surface area contributed by atoms with E-state index in [4.69, 9.17) is 0 Å². The highest BCUT2D eigenvalue weighted by molar-refractivity contribution is 14.0. The number of halogens is 3. The Morgan fingerprint density at radius 1 is 1.24 bits per heavy atom. The highest BCUT2D eigenvalue weighted by Gasteiger charge is 2.05. The molecule has 0 bridgehead atoms. The molecule has 0 aliphatic rings. The molecule has 0 fully saturated rings. The molecule has 4 nitrogen and oxygen atoms in total. The van der Waals surface area contributed by atoms with Crippen LogP contribution in [0.2, 0.25) is 0 Å². The number of hydrogen-bond acceptors (Lipinski definition) is 2. The summed E-state index contributed by atoms with van der Waals surface area (Å²) in [6.45, 7) is 1.93. The number of hydrogen-bond donors (Lipinski definition) is 2. The van der Waals surface area contributed by atoms with Gasteiger partial charge >= 0.3 is 0 Å². The van der Waals surface area contributed by atoms with Gasteiger partial charge in [-0.3, -0.25) is 4.99 Å². The summed E-state index contributed by atoms with van der Waals surface area (Å²) in [5.41, 5.74) is 0.279. The summed E-state index contributed by atoms with van der Waals surface area (Å²) >= 11 is 0. The Kier molecular flexibility index (Phi) is 10.2. The molecule has 1 aromatic carbocycles. The van der Waals surface area contributed by atoms with Crippen LogP contribution in [-0.2, 0) is 6.54 Å². The zero-order chi connectivity index (χ0) is 15.0. The van der Waals surface area contributed by atoms with Crippen molar-refractivity contribution >= 4 is 29.9 Å². The summed E-state index contributed by atoms with van der Waals surface area (Å²) in [5, 5.41) is 6.09. The van der Waals surface area contributed by atoms with Gasteiger partial charge in [-0.2, -0.15) is 0 Å². The lowest BCUT2D eigenvalue weighted by atomic mass is 10.2. The maximum Gasteiger partial charge on any atom is 0.191 e. The van der Waals surface area contributed by atoms with E-state index in [9.17, 15) is 8.78 Å². The van der Waals surface area contributed by atoms with Gasteiger partial charge < -0.3 is 15.5 Å². The van der Waals surface area contributed by atoms with Gasteiger partial charge in [0.15, 0.2) is 5.96 Å². The average Bonchev–Trinajstić information content (AvgIpc) is 2.41. The predicted octanol–water partition coefficient (Wildman–Crippen LogP) is 2.20. The molecule has 0 aliphatic heterocycles. The molecular weight excluding hydrogens is 389 g/mol. The van der Waals surface area contributed by atoms with Crippen molar-refractivity contribution in [3.8, 4) is 0 Å². The van der Waals surface area contributed by atoms with Crippen LogP contribution < -0.4 is 10.6 Å². The highest BCUT2D eigenvalue weighted by atomic mass is 127. The molecule has 0 radical (unpaired) electrons. The van der Waals surface area contributed by atoms with E-state index >= 15 is 0 Å². The first kappa shape index (κ1) is 20.0. The summed E-state index contributed by atoms with van der Waals surface area (Å²) in [6.07, 6.45) is 0.974. The standard InChI is InChI=1S/C14H22F2N4.HI/c1-17-14(18-7-4-8-20(2)3)19-10-11-9-12(15)5-6-13(11)16;/h5-6,9H,4,7-8,10H2,1-3H3,(H2,17,18,19);1H. The molecule has 0 atom stereocenters. The summed E-state index contributed by atoms with van der Waals surface area (Å²) < 4.78 is 26.5. The lowest BCUT2D eigenvalue weighted by Crippen LogP contribution is -2.38. The van der Waals surface area contributed by atoms with E-state index in [-0.39, 0.29) is 36.1 Å². The second kappa shape index (κ2) is 10.7. The molecule has 120 valence electrons. The van der Waals surface area contributed by atoms with Crippen molar-refractivity contribution < 1.29 is 8.78 Å². The summed E-state index contributed by atoms with van der Waals surface area (Å²) in [6, 6.07) is 3.41. The lowest BCUT2D eigenvalue weighted by Gasteiger charge is -2.14. The largest absolute Gasteiger partial charge is 0.356 e. The molecule has 0 unspecified atom stereocenters. The van der Waals surface area contributed by atoms with E-state index in [1.54, 1.807) is 7.05 Å². The van der Waals surface area contributed by atoms with Crippen LogP contribution in [0.3, 0.4) is 0 Å². The zero-order valence-corrected chi connectivity index (χ0v) is 14.9. The first-order valence-corrected chi connectivity index (χ1v) is 6.56. The molecule has 0 saturated heterocycles. The molecule has 0 aromatic heterocycles. The second-order valence-electron chi connectivity index (χ2n) is 4.75. The maximum atomic E-state index is 13.4. The van der Waals surface area contributed by atoms with Crippen molar-refractivity contribution in [2.24, 2.45) is 4.99 Å². The van der Waals surface area contributed by atoms with Crippen molar-refractivity contribution in [1.29, 1.82) is 0 Å². The molecule has 7 heteroatoms. The Morgan fingerprint density at radius 3 is 2.57 bits per heavy atom. The predicted molar refractivity (Wildman–Crippen MR) is 93.1 cm³/mol. The number of aliphatic imine (C=N–C) groups is 1. The zero-order valence-electron chi connectivity index (χ0n) is 12.6. The number of guanidine groups is 1. The van der Waals surface area contributed by atoms with Crippen molar-refractivity contribution in [1.82, 2.24) is 15.5 Å². The smallest absolute Gasteiger partial charge is 0.191 e. The molecule has 21 heavy (non-hydrogen) atoms. The molecule has 0 saturated carbocycles.